The molecule has 6 nitrogen and oxygen atoms in total. The molecule has 0 radical (unpaired) electrons. The number of ether oxygens (including phenoxy) is 1. The Labute approximate surface area is 152 Å². The number of amides is 2. The van der Waals surface area contributed by atoms with E-state index in [-0.39, 0.29) is 12.2 Å². The highest BCUT2D eigenvalue weighted by Crippen LogP contribution is 2.35. The molecule has 2 N–H and O–H groups in total. The molecule has 1 aliphatic heterocycles. The molecule has 2 aromatic carbocycles. The molecule has 2 aromatic rings. The molecule has 9 heteroatoms. The van der Waals surface area contributed by atoms with Crippen molar-refractivity contribution in [3.8, 4) is 5.75 Å². The number of para-hydroxylation sites is 3. The quantitative estimate of drug-likeness (QED) is 0.802. The van der Waals surface area contributed by atoms with E-state index in [2.05, 4.69) is 10.9 Å². The normalized spacial score (nSPS) is 16.4. The second-order valence-electron chi connectivity index (χ2n) is 5.87. The maximum atomic E-state index is 13.0. The molecule has 1 unspecified atom stereocenters. The van der Waals surface area contributed by atoms with E-state index in [4.69, 9.17) is 4.74 Å². The van der Waals surface area contributed by atoms with Crippen LogP contribution in [0.25, 0.3) is 0 Å². The van der Waals surface area contributed by atoms with Crippen LogP contribution in [0.3, 0.4) is 0 Å². The smallest absolute Gasteiger partial charge is 0.418 e. The first-order chi connectivity index (χ1) is 12.8. The summed E-state index contributed by atoms with van der Waals surface area (Å²) in [6.45, 7) is 1.19. The molecule has 0 fully saturated rings. The van der Waals surface area contributed by atoms with Gasteiger partial charge in [-0.2, -0.15) is 13.2 Å². The van der Waals surface area contributed by atoms with E-state index < -0.39 is 29.7 Å². The van der Waals surface area contributed by atoms with Crippen LogP contribution in [-0.2, 0) is 15.8 Å². The number of fused-ring (bicyclic) bond motifs is 1. The van der Waals surface area contributed by atoms with Crippen molar-refractivity contribution in [2.75, 3.05) is 16.9 Å². The summed E-state index contributed by atoms with van der Waals surface area (Å²) in [6.07, 6.45) is -5.34. The van der Waals surface area contributed by atoms with Gasteiger partial charge in [0, 0.05) is 0 Å². The molecule has 0 aromatic heterocycles. The Bertz CT molecular complexity index is 870. The van der Waals surface area contributed by atoms with Gasteiger partial charge in [0.05, 0.1) is 16.9 Å². The number of halogens is 3. The lowest BCUT2D eigenvalue weighted by Gasteiger charge is -2.32. The van der Waals surface area contributed by atoms with Crippen molar-refractivity contribution >= 4 is 23.2 Å². The zero-order chi connectivity index (χ0) is 19.6. The number of carbonyl (C=O) groups excluding carboxylic acids is 2. The van der Waals surface area contributed by atoms with E-state index in [1.807, 2.05) is 0 Å². The molecular weight excluding hydrogens is 363 g/mol. The number of anilines is 2. The van der Waals surface area contributed by atoms with E-state index in [0.29, 0.717) is 11.4 Å². The third kappa shape index (κ3) is 3.97. The number of nitrogens with zero attached hydrogens (tertiary/aromatic N) is 1. The molecule has 0 spiro atoms. The predicted molar refractivity (Wildman–Crippen MR) is 92.1 cm³/mol. The monoisotopic (exact) mass is 379 g/mol. The number of alkyl halides is 3. The number of rotatable bonds is 4. The van der Waals surface area contributed by atoms with Crippen molar-refractivity contribution in [2.24, 2.45) is 0 Å². The number of benzene rings is 2. The maximum absolute atomic E-state index is 13.0. The third-order valence-corrected chi connectivity index (χ3v) is 3.94. The maximum Gasteiger partial charge on any atom is 0.418 e. The first kappa shape index (κ1) is 18.6. The van der Waals surface area contributed by atoms with Crippen LogP contribution >= 0.6 is 0 Å². The van der Waals surface area contributed by atoms with Crippen LogP contribution in [-0.4, -0.2) is 24.5 Å². The molecule has 1 atom stereocenters. The average molecular weight is 379 g/mol. The van der Waals surface area contributed by atoms with Crippen molar-refractivity contribution in [2.45, 2.75) is 19.2 Å². The molecule has 0 bridgehead atoms. The van der Waals surface area contributed by atoms with E-state index in [9.17, 15) is 22.8 Å². The van der Waals surface area contributed by atoms with Gasteiger partial charge in [0.25, 0.3) is 11.8 Å². The highest BCUT2D eigenvalue weighted by molar-refractivity contribution is 6.03. The van der Waals surface area contributed by atoms with E-state index in [1.54, 1.807) is 31.2 Å². The first-order valence-electron chi connectivity index (χ1n) is 8.05. The van der Waals surface area contributed by atoms with Crippen molar-refractivity contribution in [3.63, 3.8) is 0 Å². The minimum Gasteiger partial charge on any atom is -0.479 e. The minimum atomic E-state index is -4.57. The highest BCUT2D eigenvalue weighted by Gasteiger charge is 2.34. The van der Waals surface area contributed by atoms with Crippen LogP contribution in [0.1, 0.15) is 12.5 Å². The molecule has 1 aliphatic rings. The first-order valence-corrected chi connectivity index (χ1v) is 8.05. The molecular formula is C18H16F3N3O3. The lowest BCUT2D eigenvalue weighted by atomic mass is 10.2. The molecule has 0 aliphatic carbocycles. The van der Waals surface area contributed by atoms with Crippen molar-refractivity contribution in [3.05, 3.63) is 54.1 Å². The standard InChI is InChI=1S/C18H16F3N3O3/c1-11-17(26)24(14-8-4-5-9-15(14)27-11)10-16(25)23-22-13-7-3-2-6-12(13)18(19,20)21/h2-9,11,22H,10H2,1H3,(H,23,25). The third-order valence-electron chi connectivity index (χ3n) is 3.94. The Kier molecular flexibility index (Phi) is 4.93. The van der Waals surface area contributed by atoms with Gasteiger partial charge in [-0.3, -0.25) is 25.3 Å². The lowest BCUT2D eigenvalue weighted by molar-refractivity contribution is -0.137. The Morgan fingerprint density at radius 1 is 1.15 bits per heavy atom. The van der Waals surface area contributed by atoms with Crippen molar-refractivity contribution < 1.29 is 27.5 Å². The Morgan fingerprint density at radius 3 is 2.56 bits per heavy atom. The molecule has 1 heterocycles. The second-order valence-corrected chi connectivity index (χ2v) is 5.87. The van der Waals surface area contributed by atoms with Gasteiger partial charge in [-0.05, 0) is 31.2 Å². The van der Waals surface area contributed by atoms with Gasteiger partial charge in [-0.15, -0.1) is 0 Å². The van der Waals surface area contributed by atoms with E-state index in [1.165, 1.54) is 23.1 Å². The molecule has 3 rings (SSSR count). The van der Waals surface area contributed by atoms with Crippen LogP contribution in [0.15, 0.2) is 48.5 Å². The molecule has 27 heavy (non-hydrogen) atoms. The zero-order valence-corrected chi connectivity index (χ0v) is 14.2. The van der Waals surface area contributed by atoms with Crippen molar-refractivity contribution in [1.29, 1.82) is 0 Å². The summed E-state index contributed by atoms with van der Waals surface area (Å²) in [5.74, 6) is -0.642. The Hall–Kier alpha value is -3.23. The molecule has 0 saturated carbocycles. The van der Waals surface area contributed by atoms with Gasteiger partial charge in [-0.25, -0.2) is 0 Å². The fourth-order valence-corrected chi connectivity index (χ4v) is 2.68. The lowest BCUT2D eigenvalue weighted by Crippen LogP contribution is -2.49. The topological polar surface area (TPSA) is 70.7 Å². The zero-order valence-electron chi connectivity index (χ0n) is 14.2. The largest absolute Gasteiger partial charge is 0.479 e. The van der Waals surface area contributed by atoms with Crippen LogP contribution in [0, 0.1) is 0 Å². The van der Waals surface area contributed by atoms with E-state index in [0.717, 1.165) is 6.07 Å². The summed E-state index contributed by atoms with van der Waals surface area (Å²) in [5.41, 5.74) is 3.69. The van der Waals surface area contributed by atoms with Crippen LogP contribution in [0.2, 0.25) is 0 Å². The fraction of sp³-hybridized carbons (Fsp3) is 0.222. The summed E-state index contributed by atoms with van der Waals surface area (Å²) in [4.78, 5) is 25.8. The second kappa shape index (κ2) is 7.18. The average Bonchev–Trinajstić information content (AvgIpc) is 2.63. The number of nitrogens with one attached hydrogen (secondary N) is 2. The summed E-state index contributed by atoms with van der Waals surface area (Å²) in [5, 5.41) is 0. The SMILES string of the molecule is CC1Oc2ccccc2N(CC(=O)NNc2ccccc2C(F)(F)F)C1=O. The summed E-state index contributed by atoms with van der Waals surface area (Å²) in [6, 6.07) is 11.5. The number of carbonyl (C=O) groups is 2. The van der Waals surface area contributed by atoms with Gasteiger partial charge in [0.2, 0.25) is 0 Å². The highest BCUT2D eigenvalue weighted by atomic mass is 19.4. The molecule has 2 amide bonds. The van der Waals surface area contributed by atoms with Gasteiger partial charge in [0.15, 0.2) is 6.10 Å². The number of hydrogen-bond acceptors (Lipinski definition) is 4. The molecule has 142 valence electrons. The predicted octanol–water partition coefficient (Wildman–Crippen LogP) is 2.96. The summed E-state index contributed by atoms with van der Waals surface area (Å²) >= 11 is 0. The minimum absolute atomic E-state index is 0.291. The fourth-order valence-electron chi connectivity index (χ4n) is 2.68. The Balaban J connectivity index is 1.71. The molecule has 0 saturated heterocycles. The summed E-state index contributed by atoms with van der Waals surface area (Å²) in [7, 11) is 0. The van der Waals surface area contributed by atoms with Crippen LogP contribution in [0.5, 0.6) is 5.75 Å². The van der Waals surface area contributed by atoms with Gasteiger partial charge in [-0.1, -0.05) is 24.3 Å². The van der Waals surface area contributed by atoms with E-state index >= 15 is 0 Å². The van der Waals surface area contributed by atoms with Gasteiger partial charge < -0.3 is 4.74 Å². The Morgan fingerprint density at radius 2 is 1.81 bits per heavy atom. The summed E-state index contributed by atoms with van der Waals surface area (Å²) < 4.78 is 44.4. The van der Waals surface area contributed by atoms with Gasteiger partial charge in [0.1, 0.15) is 12.3 Å². The number of hydrazine groups is 1. The van der Waals surface area contributed by atoms with Crippen LogP contribution < -0.4 is 20.5 Å². The van der Waals surface area contributed by atoms with Gasteiger partial charge >= 0.3 is 6.18 Å². The van der Waals surface area contributed by atoms with Crippen LogP contribution in [0.4, 0.5) is 24.5 Å². The number of hydrogen-bond donors (Lipinski definition) is 2. The van der Waals surface area contributed by atoms with Crippen molar-refractivity contribution in [1.82, 2.24) is 5.43 Å².